The fourth-order valence-electron chi connectivity index (χ4n) is 4.35. The summed E-state index contributed by atoms with van der Waals surface area (Å²) < 4.78 is 5.88. The molecule has 3 fully saturated rings. The van der Waals surface area contributed by atoms with Gasteiger partial charge in [0.2, 0.25) is 0 Å². The van der Waals surface area contributed by atoms with Gasteiger partial charge in [0.25, 0.3) is 0 Å². The summed E-state index contributed by atoms with van der Waals surface area (Å²) in [7, 11) is 0. The number of hydrogen-bond donors (Lipinski definition) is 0. The summed E-state index contributed by atoms with van der Waals surface area (Å²) in [5.74, 6) is 0. The Morgan fingerprint density at radius 1 is 1.11 bits per heavy atom. The van der Waals surface area contributed by atoms with Crippen molar-refractivity contribution in [2.75, 3.05) is 19.7 Å². The Hall–Kier alpha value is -0.410. The quantitative estimate of drug-likeness (QED) is 0.580. The van der Waals surface area contributed by atoms with Crippen LogP contribution in [0.1, 0.15) is 57.8 Å². The number of morpholine rings is 1. The Labute approximate surface area is 116 Å². The lowest BCUT2D eigenvalue weighted by Gasteiger charge is -2.42. The van der Waals surface area contributed by atoms with Crippen LogP contribution in [0.3, 0.4) is 0 Å². The summed E-state index contributed by atoms with van der Waals surface area (Å²) in [5, 5.41) is 0. The summed E-state index contributed by atoms with van der Waals surface area (Å²) in [6.45, 7) is 2.87. The normalized spacial score (nSPS) is 35.6. The van der Waals surface area contributed by atoms with Crippen molar-refractivity contribution in [1.29, 1.82) is 0 Å². The molecule has 0 spiro atoms. The second kappa shape index (κ2) is 5.92. The second-order valence-electron chi connectivity index (χ2n) is 6.77. The van der Waals surface area contributed by atoms with E-state index >= 15 is 0 Å². The Bertz CT molecular complexity index is 310. The lowest BCUT2D eigenvalue weighted by atomic mass is 9.81. The fraction of sp³-hybridized carbons (Fsp3) is 0.938. The third-order valence-corrected chi connectivity index (χ3v) is 5.46. The van der Waals surface area contributed by atoms with Gasteiger partial charge in [0.1, 0.15) is 6.29 Å². The molecule has 2 atom stereocenters. The second-order valence-corrected chi connectivity index (χ2v) is 6.77. The van der Waals surface area contributed by atoms with Crippen LogP contribution < -0.4 is 0 Å². The van der Waals surface area contributed by atoms with Gasteiger partial charge in [-0.15, -0.1) is 0 Å². The van der Waals surface area contributed by atoms with Crippen LogP contribution in [0.15, 0.2) is 0 Å². The number of rotatable bonds is 3. The van der Waals surface area contributed by atoms with Crippen molar-refractivity contribution in [3.63, 3.8) is 0 Å². The zero-order chi connectivity index (χ0) is 13.1. The van der Waals surface area contributed by atoms with Crippen LogP contribution in [0.25, 0.3) is 0 Å². The molecule has 1 saturated heterocycles. The minimum absolute atomic E-state index is 0.0546. The van der Waals surface area contributed by atoms with E-state index in [-0.39, 0.29) is 5.41 Å². The first-order chi connectivity index (χ1) is 9.33. The van der Waals surface area contributed by atoms with E-state index in [4.69, 9.17) is 4.74 Å². The molecule has 2 saturated carbocycles. The topological polar surface area (TPSA) is 29.5 Å². The van der Waals surface area contributed by atoms with Gasteiger partial charge in [0, 0.05) is 24.5 Å². The van der Waals surface area contributed by atoms with Gasteiger partial charge in [-0.3, -0.25) is 4.90 Å². The summed E-state index contributed by atoms with van der Waals surface area (Å²) in [6.07, 6.45) is 12.8. The molecule has 108 valence electrons. The number of carbonyl (C=O) groups excluding carboxylic acids is 1. The highest BCUT2D eigenvalue weighted by atomic mass is 16.5. The fourth-order valence-corrected chi connectivity index (χ4v) is 4.35. The molecule has 3 heteroatoms. The maximum atomic E-state index is 11.7. The SMILES string of the molecule is O=CC1(CN2CCOC3CCCC32)CCCCCC1. The number of fused-ring (bicyclic) bond motifs is 1. The zero-order valence-corrected chi connectivity index (χ0v) is 12.0. The molecule has 0 aromatic rings. The first kappa shape index (κ1) is 13.6. The number of hydrogen-bond acceptors (Lipinski definition) is 3. The molecule has 0 radical (unpaired) electrons. The molecule has 3 aliphatic rings. The van der Waals surface area contributed by atoms with Crippen molar-refractivity contribution in [1.82, 2.24) is 4.90 Å². The maximum absolute atomic E-state index is 11.7. The summed E-state index contributed by atoms with van der Waals surface area (Å²) in [5.41, 5.74) is -0.0546. The van der Waals surface area contributed by atoms with Gasteiger partial charge < -0.3 is 9.53 Å². The van der Waals surface area contributed by atoms with E-state index in [0.717, 1.165) is 32.5 Å². The van der Waals surface area contributed by atoms with Crippen LogP contribution in [0, 0.1) is 5.41 Å². The Balaban J connectivity index is 1.68. The molecule has 3 rings (SSSR count). The van der Waals surface area contributed by atoms with Crippen molar-refractivity contribution in [2.24, 2.45) is 5.41 Å². The largest absolute Gasteiger partial charge is 0.375 e. The van der Waals surface area contributed by atoms with Crippen molar-refractivity contribution in [2.45, 2.75) is 69.9 Å². The van der Waals surface area contributed by atoms with Crippen LogP contribution in [0.2, 0.25) is 0 Å². The highest BCUT2D eigenvalue weighted by molar-refractivity contribution is 5.59. The van der Waals surface area contributed by atoms with Gasteiger partial charge in [0.05, 0.1) is 12.7 Å². The van der Waals surface area contributed by atoms with Crippen LogP contribution in [-0.4, -0.2) is 43.0 Å². The Morgan fingerprint density at radius 3 is 2.63 bits per heavy atom. The van der Waals surface area contributed by atoms with Gasteiger partial charge in [-0.05, 0) is 32.1 Å². The van der Waals surface area contributed by atoms with Crippen molar-refractivity contribution < 1.29 is 9.53 Å². The molecule has 3 nitrogen and oxygen atoms in total. The average Bonchev–Trinajstić information content (AvgIpc) is 2.80. The molecule has 0 N–H and O–H groups in total. The molecular weight excluding hydrogens is 238 g/mol. The lowest BCUT2D eigenvalue weighted by Crippen LogP contribution is -2.52. The number of carbonyl (C=O) groups is 1. The first-order valence-electron chi connectivity index (χ1n) is 8.15. The zero-order valence-electron chi connectivity index (χ0n) is 12.0. The van der Waals surface area contributed by atoms with Crippen LogP contribution >= 0.6 is 0 Å². The van der Waals surface area contributed by atoms with E-state index in [2.05, 4.69) is 4.90 Å². The molecule has 0 bridgehead atoms. The Kier molecular flexibility index (Phi) is 4.23. The van der Waals surface area contributed by atoms with Gasteiger partial charge in [0.15, 0.2) is 0 Å². The standard InChI is InChI=1S/C16H27NO2/c18-13-16(8-3-1-2-4-9-16)12-17-10-11-19-15-7-5-6-14(15)17/h13-15H,1-12H2. The summed E-state index contributed by atoms with van der Waals surface area (Å²) in [6, 6.07) is 0.592. The predicted molar refractivity (Wildman–Crippen MR) is 75.2 cm³/mol. The number of aldehydes is 1. The smallest absolute Gasteiger partial charge is 0.127 e. The van der Waals surface area contributed by atoms with Gasteiger partial charge in [-0.25, -0.2) is 0 Å². The molecule has 2 unspecified atom stereocenters. The van der Waals surface area contributed by atoms with Crippen molar-refractivity contribution in [3.8, 4) is 0 Å². The lowest BCUT2D eigenvalue weighted by molar-refractivity contribution is -0.121. The molecule has 0 aromatic carbocycles. The minimum Gasteiger partial charge on any atom is -0.375 e. The molecular formula is C16H27NO2. The van der Waals surface area contributed by atoms with Gasteiger partial charge in [-0.1, -0.05) is 25.7 Å². The van der Waals surface area contributed by atoms with E-state index in [1.807, 2.05) is 0 Å². The van der Waals surface area contributed by atoms with Crippen LogP contribution in [-0.2, 0) is 9.53 Å². The number of ether oxygens (including phenoxy) is 1. The highest BCUT2D eigenvalue weighted by Crippen LogP contribution is 2.37. The van der Waals surface area contributed by atoms with Crippen LogP contribution in [0.5, 0.6) is 0 Å². The van der Waals surface area contributed by atoms with Gasteiger partial charge >= 0.3 is 0 Å². The van der Waals surface area contributed by atoms with Crippen molar-refractivity contribution in [3.05, 3.63) is 0 Å². The Morgan fingerprint density at radius 2 is 1.89 bits per heavy atom. The van der Waals surface area contributed by atoms with E-state index in [9.17, 15) is 4.79 Å². The monoisotopic (exact) mass is 265 g/mol. The van der Waals surface area contributed by atoms with E-state index in [1.54, 1.807) is 0 Å². The highest BCUT2D eigenvalue weighted by Gasteiger charge is 2.40. The van der Waals surface area contributed by atoms with Crippen molar-refractivity contribution >= 4 is 6.29 Å². The molecule has 0 amide bonds. The minimum atomic E-state index is -0.0546. The number of nitrogens with zero attached hydrogens (tertiary/aromatic N) is 1. The molecule has 1 aliphatic heterocycles. The summed E-state index contributed by atoms with van der Waals surface area (Å²) >= 11 is 0. The molecule has 19 heavy (non-hydrogen) atoms. The molecule has 0 aromatic heterocycles. The van der Waals surface area contributed by atoms with E-state index in [0.29, 0.717) is 12.1 Å². The third-order valence-electron chi connectivity index (χ3n) is 5.46. The van der Waals surface area contributed by atoms with E-state index < -0.39 is 0 Å². The molecule has 1 heterocycles. The molecule has 2 aliphatic carbocycles. The van der Waals surface area contributed by atoms with E-state index in [1.165, 1.54) is 51.2 Å². The summed E-state index contributed by atoms with van der Waals surface area (Å²) in [4.78, 5) is 14.3. The predicted octanol–water partition coefficient (Wildman–Crippen LogP) is 2.78. The average molecular weight is 265 g/mol. The first-order valence-corrected chi connectivity index (χ1v) is 8.15. The maximum Gasteiger partial charge on any atom is 0.127 e. The third kappa shape index (κ3) is 2.87. The van der Waals surface area contributed by atoms with Gasteiger partial charge in [-0.2, -0.15) is 0 Å². The van der Waals surface area contributed by atoms with Crippen LogP contribution in [0.4, 0.5) is 0 Å².